The predicted molar refractivity (Wildman–Crippen MR) is 186 cm³/mol. The van der Waals surface area contributed by atoms with Crippen LogP contribution in [0.3, 0.4) is 0 Å². The first kappa shape index (κ1) is 20.8. The third kappa shape index (κ3) is 3.65. The minimum absolute atomic E-state index is 0.0919. The summed E-state index contributed by atoms with van der Waals surface area (Å²) in [4.78, 5) is 0. The van der Waals surface area contributed by atoms with Crippen molar-refractivity contribution in [2.45, 2.75) is 0 Å². The molecule has 0 unspecified atom stereocenters. The number of para-hydroxylation sites is 3. The lowest BCUT2D eigenvalue weighted by Gasteiger charge is -2.10. The van der Waals surface area contributed by atoms with E-state index in [0.717, 1.165) is 71.2 Å². The van der Waals surface area contributed by atoms with E-state index < -0.39 is 0 Å². The molecule has 10 aromatic rings. The number of hydrogen-bond acceptors (Lipinski definition) is 2. The summed E-state index contributed by atoms with van der Waals surface area (Å²) in [6.45, 7) is 0. The van der Waals surface area contributed by atoms with Gasteiger partial charge in [0.2, 0.25) is 0 Å². The number of rotatable bonds is 3. The topological polar surface area (TPSA) is 31.2 Å². The Morgan fingerprint density at radius 2 is 0.933 bits per heavy atom. The highest BCUT2D eigenvalue weighted by atomic mass is 16.3. The molecule has 210 valence electrons. The molecule has 45 heavy (non-hydrogen) atoms. The molecule has 3 heteroatoms. The first-order valence-electron chi connectivity index (χ1n) is 16.9. The van der Waals surface area contributed by atoms with Crippen molar-refractivity contribution in [3.8, 4) is 27.9 Å². The summed E-state index contributed by atoms with van der Waals surface area (Å²) < 4.78 is 50.9. The fourth-order valence-corrected chi connectivity index (χ4v) is 6.73. The molecule has 0 radical (unpaired) electrons. The minimum Gasteiger partial charge on any atom is -0.456 e. The van der Waals surface area contributed by atoms with Gasteiger partial charge in [0.05, 0.1) is 16.5 Å². The van der Waals surface area contributed by atoms with E-state index in [9.17, 15) is 2.74 Å². The third-order valence-electron chi connectivity index (χ3n) is 8.89. The SMILES string of the molecule is [2H]c1c([2H])c(-n2c3ccccc3c3cc4c(cc32)oc2ccccc24)c([2H])c([2H])c1-c1ccc(-c2ccc3oc4ccccc4c3c2)cc1. The van der Waals surface area contributed by atoms with E-state index in [1.165, 1.54) is 0 Å². The van der Waals surface area contributed by atoms with Crippen LogP contribution in [0.5, 0.6) is 0 Å². The Labute approximate surface area is 263 Å². The quantitative estimate of drug-likeness (QED) is 0.208. The van der Waals surface area contributed by atoms with Gasteiger partial charge in [-0.25, -0.2) is 0 Å². The summed E-state index contributed by atoms with van der Waals surface area (Å²) in [6, 6.07) is 41.2. The molecular weight excluding hydrogens is 550 g/mol. The Kier molecular flexibility index (Phi) is 4.26. The smallest absolute Gasteiger partial charge is 0.137 e. The lowest BCUT2D eigenvalue weighted by molar-refractivity contribution is 0.668. The number of aromatic nitrogens is 1. The van der Waals surface area contributed by atoms with Crippen LogP contribution < -0.4 is 0 Å². The largest absolute Gasteiger partial charge is 0.456 e. The van der Waals surface area contributed by atoms with Crippen molar-refractivity contribution in [2.75, 3.05) is 0 Å². The Hall–Kier alpha value is -6.06. The zero-order valence-electron chi connectivity index (χ0n) is 27.9. The van der Waals surface area contributed by atoms with Gasteiger partial charge in [0.25, 0.3) is 0 Å². The van der Waals surface area contributed by atoms with Crippen molar-refractivity contribution in [1.29, 1.82) is 0 Å². The maximum absolute atomic E-state index is 9.26. The highest BCUT2D eigenvalue weighted by Gasteiger charge is 2.16. The highest BCUT2D eigenvalue weighted by Crippen LogP contribution is 2.39. The van der Waals surface area contributed by atoms with E-state index in [1.807, 2.05) is 114 Å². The second-order valence-electron chi connectivity index (χ2n) is 11.4. The number of hydrogen-bond donors (Lipinski definition) is 0. The van der Waals surface area contributed by atoms with Crippen LogP contribution in [-0.4, -0.2) is 4.57 Å². The maximum atomic E-state index is 9.26. The number of nitrogens with zero attached hydrogens (tertiary/aromatic N) is 1. The van der Waals surface area contributed by atoms with E-state index in [-0.39, 0.29) is 35.4 Å². The van der Waals surface area contributed by atoms with Gasteiger partial charge in [-0.1, -0.05) is 97.0 Å². The molecule has 0 saturated heterocycles. The second kappa shape index (κ2) is 9.22. The van der Waals surface area contributed by atoms with Gasteiger partial charge in [-0.15, -0.1) is 0 Å². The van der Waals surface area contributed by atoms with Gasteiger partial charge >= 0.3 is 0 Å². The van der Waals surface area contributed by atoms with Gasteiger partial charge in [0.1, 0.15) is 22.3 Å². The van der Waals surface area contributed by atoms with E-state index in [1.54, 1.807) is 0 Å². The molecule has 0 bridgehead atoms. The first-order chi connectivity index (χ1) is 24.0. The molecule has 0 spiro atoms. The Morgan fingerprint density at radius 1 is 0.378 bits per heavy atom. The summed E-state index contributed by atoms with van der Waals surface area (Å²) in [6.07, 6.45) is 0. The molecule has 0 atom stereocenters. The molecule has 7 aromatic carbocycles. The molecule has 0 aliphatic heterocycles. The highest BCUT2D eigenvalue weighted by molar-refractivity contribution is 6.17. The lowest BCUT2D eigenvalue weighted by atomic mass is 9.99. The number of benzene rings is 7. The normalized spacial score (nSPS) is 13.2. The van der Waals surface area contributed by atoms with Crippen LogP contribution in [0.2, 0.25) is 0 Å². The van der Waals surface area contributed by atoms with Crippen LogP contribution in [0, 0.1) is 0 Å². The first-order valence-corrected chi connectivity index (χ1v) is 14.9. The van der Waals surface area contributed by atoms with Crippen LogP contribution >= 0.6 is 0 Å². The van der Waals surface area contributed by atoms with Crippen LogP contribution in [-0.2, 0) is 0 Å². The fraction of sp³-hybridized carbons (Fsp3) is 0. The summed E-state index contributed by atoms with van der Waals surface area (Å²) in [5.41, 5.74) is 7.81. The Bertz CT molecular complexity index is 2960. The molecule has 3 nitrogen and oxygen atoms in total. The van der Waals surface area contributed by atoms with Crippen LogP contribution in [0.25, 0.3) is 93.6 Å². The van der Waals surface area contributed by atoms with Gasteiger partial charge in [-0.3, -0.25) is 0 Å². The molecule has 0 saturated carbocycles. The molecule has 0 aliphatic carbocycles. The molecule has 3 heterocycles. The summed E-state index contributed by atoms with van der Waals surface area (Å²) >= 11 is 0. The van der Waals surface area contributed by atoms with E-state index in [0.29, 0.717) is 11.1 Å². The molecule has 0 amide bonds. The van der Waals surface area contributed by atoms with Gasteiger partial charge in [-0.2, -0.15) is 0 Å². The van der Waals surface area contributed by atoms with Gasteiger partial charge in [0, 0.05) is 44.1 Å². The van der Waals surface area contributed by atoms with Gasteiger partial charge in [0.15, 0.2) is 0 Å². The van der Waals surface area contributed by atoms with Crippen LogP contribution in [0.4, 0.5) is 0 Å². The van der Waals surface area contributed by atoms with Crippen molar-refractivity contribution in [3.63, 3.8) is 0 Å². The average Bonchev–Trinajstić information content (AvgIpc) is 3.79. The zero-order chi connectivity index (χ0) is 33.0. The average molecular weight is 580 g/mol. The van der Waals surface area contributed by atoms with Crippen molar-refractivity contribution in [1.82, 2.24) is 4.57 Å². The third-order valence-corrected chi connectivity index (χ3v) is 8.89. The number of fused-ring (bicyclic) bond motifs is 9. The van der Waals surface area contributed by atoms with E-state index >= 15 is 0 Å². The lowest BCUT2D eigenvalue weighted by Crippen LogP contribution is -1.93. The predicted octanol–water partition coefficient (Wildman–Crippen LogP) is 11.9. The van der Waals surface area contributed by atoms with Crippen molar-refractivity contribution in [3.05, 3.63) is 152 Å². The summed E-state index contributed by atoms with van der Waals surface area (Å²) in [5, 5.41) is 6.02. The van der Waals surface area contributed by atoms with Crippen molar-refractivity contribution >= 4 is 65.7 Å². The van der Waals surface area contributed by atoms with Crippen LogP contribution in [0.1, 0.15) is 5.48 Å². The molecule has 0 aliphatic rings. The molecule has 0 N–H and O–H groups in total. The standard InChI is InChI=1S/C42H25NO2/c1-4-10-37-31(7-1)34-24-36-33-9-3-6-12-40(33)45-42(36)25-38(34)43(37)30-20-17-27(18-21-30)26-13-15-28(16-14-26)29-19-22-41-35(23-29)32-8-2-5-11-39(32)44-41/h1-25H/i17D,18D,20D,21D. The second-order valence-corrected chi connectivity index (χ2v) is 11.4. The maximum Gasteiger partial charge on any atom is 0.137 e. The Morgan fingerprint density at radius 3 is 1.67 bits per heavy atom. The fourth-order valence-electron chi connectivity index (χ4n) is 6.73. The molecule has 0 fully saturated rings. The van der Waals surface area contributed by atoms with Gasteiger partial charge < -0.3 is 13.4 Å². The van der Waals surface area contributed by atoms with Crippen molar-refractivity contribution in [2.24, 2.45) is 0 Å². The van der Waals surface area contributed by atoms with Crippen molar-refractivity contribution < 1.29 is 14.3 Å². The molecule has 10 rings (SSSR count). The zero-order valence-corrected chi connectivity index (χ0v) is 23.9. The monoisotopic (exact) mass is 579 g/mol. The molecular formula is C42H25NO2. The summed E-state index contributed by atoms with van der Waals surface area (Å²) in [7, 11) is 0. The molecule has 3 aromatic heterocycles. The summed E-state index contributed by atoms with van der Waals surface area (Å²) in [5.74, 6) is 0. The minimum atomic E-state index is -0.107. The number of furan rings is 2. The van der Waals surface area contributed by atoms with E-state index in [2.05, 4.69) is 18.2 Å². The van der Waals surface area contributed by atoms with E-state index in [4.69, 9.17) is 11.6 Å². The Balaban J connectivity index is 1.12. The van der Waals surface area contributed by atoms with Gasteiger partial charge in [-0.05, 0) is 70.7 Å². The van der Waals surface area contributed by atoms with Crippen LogP contribution in [0.15, 0.2) is 160 Å².